The van der Waals surface area contributed by atoms with Crippen LogP contribution in [0.15, 0.2) is 60.1 Å². The fraction of sp³-hybridized carbons (Fsp3) is 0.261. The molecule has 2 aromatic rings. The molecular formula is C23H17F9N4O. The smallest absolute Gasteiger partial charge is 0.366 e. The Labute approximate surface area is 203 Å². The zero-order valence-corrected chi connectivity index (χ0v) is 18.7. The van der Waals surface area contributed by atoms with E-state index in [-0.39, 0.29) is 23.8 Å². The van der Waals surface area contributed by atoms with Gasteiger partial charge in [0, 0.05) is 24.5 Å². The molecule has 0 aliphatic carbocycles. The highest BCUT2D eigenvalue weighted by Crippen LogP contribution is 2.37. The van der Waals surface area contributed by atoms with Gasteiger partial charge in [-0.15, -0.1) is 0 Å². The Kier molecular flexibility index (Phi) is 7.42. The van der Waals surface area contributed by atoms with Crippen LogP contribution in [-0.2, 0) is 23.3 Å². The molecule has 5 nitrogen and oxygen atoms in total. The summed E-state index contributed by atoms with van der Waals surface area (Å²) in [5, 5.41) is 4.99. The fourth-order valence-corrected chi connectivity index (χ4v) is 3.42. The number of nitrogens with zero attached hydrogens (tertiary/aromatic N) is 3. The first-order chi connectivity index (χ1) is 17.0. The van der Waals surface area contributed by atoms with Crippen molar-refractivity contribution in [1.82, 2.24) is 9.99 Å². The number of allylic oxidation sites excluding steroid dienone is 1. The van der Waals surface area contributed by atoms with Crippen molar-refractivity contribution < 1.29 is 44.3 Å². The summed E-state index contributed by atoms with van der Waals surface area (Å²) in [6.45, 7) is 1.51. The Morgan fingerprint density at radius 2 is 1.57 bits per heavy atom. The minimum atomic E-state index is -5.08. The van der Waals surface area contributed by atoms with E-state index in [1.807, 2.05) is 0 Å². The van der Waals surface area contributed by atoms with Crippen LogP contribution in [0.5, 0.6) is 0 Å². The van der Waals surface area contributed by atoms with Crippen molar-refractivity contribution in [3.8, 4) is 0 Å². The SMILES string of the molecule is CC1CC=CN(/C=C(/C(N)=O)c2ccnc(C(F)(F)F)c2)N=C1c1cc(C(F)(F)F)cc(C(F)(F)F)c1. The van der Waals surface area contributed by atoms with Crippen LogP contribution in [0.1, 0.15) is 41.3 Å². The molecule has 0 fully saturated rings. The molecule has 1 aliphatic rings. The molecule has 0 spiro atoms. The van der Waals surface area contributed by atoms with E-state index in [9.17, 15) is 44.3 Å². The molecule has 1 atom stereocenters. The fourth-order valence-electron chi connectivity index (χ4n) is 3.42. The van der Waals surface area contributed by atoms with Crippen LogP contribution in [0.4, 0.5) is 39.5 Å². The molecule has 3 rings (SSSR count). The summed E-state index contributed by atoms with van der Waals surface area (Å²) < 4.78 is 119. The Hall–Kier alpha value is -3.84. The summed E-state index contributed by atoms with van der Waals surface area (Å²) in [6.07, 6.45) is -10.4. The van der Waals surface area contributed by atoms with Crippen molar-refractivity contribution in [3.05, 3.63) is 83.0 Å². The van der Waals surface area contributed by atoms with Crippen LogP contribution >= 0.6 is 0 Å². The molecule has 37 heavy (non-hydrogen) atoms. The van der Waals surface area contributed by atoms with E-state index in [0.29, 0.717) is 18.2 Å². The number of halogens is 9. The first kappa shape index (κ1) is 27.7. The quantitative estimate of drug-likeness (QED) is 0.373. The average molecular weight is 536 g/mol. The molecule has 2 heterocycles. The third-order valence-corrected chi connectivity index (χ3v) is 5.21. The van der Waals surface area contributed by atoms with Gasteiger partial charge >= 0.3 is 18.5 Å². The minimum absolute atomic E-state index is 0.0196. The number of benzene rings is 1. The maximum atomic E-state index is 13.3. The number of aromatic nitrogens is 1. The van der Waals surface area contributed by atoms with E-state index >= 15 is 0 Å². The number of carbonyl (C=O) groups excluding carboxylic acids is 1. The van der Waals surface area contributed by atoms with Gasteiger partial charge in [-0.2, -0.15) is 44.6 Å². The minimum Gasteiger partial charge on any atom is -0.366 e. The molecular weight excluding hydrogens is 519 g/mol. The lowest BCUT2D eigenvalue weighted by Crippen LogP contribution is -2.19. The van der Waals surface area contributed by atoms with Crippen LogP contribution in [0.2, 0.25) is 0 Å². The van der Waals surface area contributed by atoms with Crippen molar-refractivity contribution >= 4 is 17.2 Å². The normalized spacial score (nSPS) is 17.5. The van der Waals surface area contributed by atoms with Gasteiger partial charge in [0.05, 0.1) is 22.4 Å². The Bertz CT molecular complexity index is 1240. The third-order valence-electron chi connectivity index (χ3n) is 5.21. The Morgan fingerprint density at radius 1 is 0.973 bits per heavy atom. The lowest BCUT2D eigenvalue weighted by atomic mass is 9.93. The van der Waals surface area contributed by atoms with Gasteiger partial charge in [-0.1, -0.05) is 13.0 Å². The second-order valence-corrected chi connectivity index (χ2v) is 8.02. The molecule has 198 valence electrons. The number of nitrogens with two attached hydrogens (primary N) is 1. The van der Waals surface area contributed by atoms with E-state index < -0.39 is 58.3 Å². The highest BCUT2D eigenvalue weighted by molar-refractivity contribution is 6.18. The van der Waals surface area contributed by atoms with E-state index in [2.05, 4.69) is 10.1 Å². The molecule has 0 bridgehead atoms. The summed E-state index contributed by atoms with van der Waals surface area (Å²) in [6, 6.07) is 2.65. The van der Waals surface area contributed by atoms with Crippen LogP contribution in [-0.4, -0.2) is 21.6 Å². The number of rotatable bonds is 4. The van der Waals surface area contributed by atoms with Gasteiger partial charge in [0.15, 0.2) is 0 Å². The van der Waals surface area contributed by atoms with Crippen LogP contribution in [0, 0.1) is 5.92 Å². The zero-order chi connectivity index (χ0) is 27.8. The van der Waals surface area contributed by atoms with E-state index in [1.54, 1.807) is 0 Å². The molecule has 0 saturated heterocycles. The highest BCUT2D eigenvalue weighted by Gasteiger charge is 2.38. The largest absolute Gasteiger partial charge is 0.433 e. The van der Waals surface area contributed by atoms with Crippen LogP contribution in [0.3, 0.4) is 0 Å². The molecule has 1 amide bonds. The number of alkyl halides is 9. The van der Waals surface area contributed by atoms with E-state index in [1.165, 1.54) is 19.2 Å². The topological polar surface area (TPSA) is 71.6 Å². The van der Waals surface area contributed by atoms with E-state index in [0.717, 1.165) is 23.5 Å². The second-order valence-electron chi connectivity index (χ2n) is 8.02. The summed E-state index contributed by atoms with van der Waals surface area (Å²) in [5.41, 5.74) is -0.466. The first-order valence-electron chi connectivity index (χ1n) is 10.4. The van der Waals surface area contributed by atoms with Gasteiger partial charge in [0.2, 0.25) is 0 Å². The maximum Gasteiger partial charge on any atom is 0.433 e. The monoisotopic (exact) mass is 536 g/mol. The molecule has 2 N–H and O–H groups in total. The predicted octanol–water partition coefficient (Wildman–Crippen LogP) is 6.22. The standard InChI is InChI=1S/C23H17F9N4O/c1-12-3-2-6-36(11-17(20(33)37)13-4-5-34-18(9-13)23(30,31)32)35-19(12)14-7-15(21(24,25)26)10-16(8-14)22(27,28)29/h2,4-12H,3H2,1H3,(H2,33,37)/b17-11+. The third kappa shape index (κ3) is 6.68. The van der Waals surface area contributed by atoms with Gasteiger partial charge in [-0.25, -0.2) is 5.01 Å². The molecule has 1 aliphatic heterocycles. The number of hydrogen-bond acceptors (Lipinski definition) is 4. The van der Waals surface area contributed by atoms with Crippen molar-refractivity contribution in [2.24, 2.45) is 16.8 Å². The molecule has 1 aromatic carbocycles. The Balaban J connectivity index is 2.16. The lowest BCUT2D eigenvalue weighted by molar-refractivity contribution is -0.143. The maximum absolute atomic E-state index is 13.3. The molecule has 14 heteroatoms. The number of hydrogen-bond donors (Lipinski definition) is 1. The number of carbonyl (C=O) groups is 1. The number of hydrazone groups is 1. The average Bonchev–Trinajstić information content (AvgIpc) is 2.96. The summed E-state index contributed by atoms with van der Waals surface area (Å²) in [7, 11) is 0. The molecule has 0 radical (unpaired) electrons. The summed E-state index contributed by atoms with van der Waals surface area (Å²) in [4.78, 5) is 15.2. The van der Waals surface area contributed by atoms with Crippen molar-refractivity contribution in [3.63, 3.8) is 0 Å². The Morgan fingerprint density at radius 3 is 2.08 bits per heavy atom. The van der Waals surface area contributed by atoms with Crippen molar-refractivity contribution in [1.29, 1.82) is 0 Å². The van der Waals surface area contributed by atoms with Crippen molar-refractivity contribution in [2.75, 3.05) is 0 Å². The van der Waals surface area contributed by atoms with Gasteiger partial charge < -0.3 is 5.73 Å². The van der Waals surface area contributed by atoms with Gasteiger partial charge in [-0.05, 0) is 47.9 Å². The number of amides is 1. The van der Waals surface area contributed by atoms with Gasteiger partial charge in [-0.3, -0.25) is 9.78 Å². The molecule has 1 aromatic heterocycles. The van der Waals surface area contributed by atoms with Gasteiger partial charge in [0.25, 0.3) is 5.91 Å². The number of primary amides is 1. The summed E-state index contributed by atoms with van der Waals surface area (Å²) in [5.74, 6) is -1.84. The predicted molar refractivity (Wildman–Crippen MR) is 114 cm³/mol. The van der Waals surface area contributed by atoms with E-state index in [4.69, 9.17) is 5.73 Å². The zero-order valence-electron chi connectivity index (χ0n) is 18.7. The first-order valence-corrected chi connectivity index (χ1v) is 10.4. The van der Waals surface area contributed by atoms with Crippen LogP contribution < -0.4 is 5.73 Å². The molecule has 1 unspecified atom stereocenters. The molecule has 0 saturated carbocycles. The lowest BCUT2D eigenvalue weighted by Gasteiger charge is -2.19. The van der Waals surface area contributed by atoms with Crippen LogP contribution in [0.25, 0.3) is 5.57 Å². The van der Waals surface area contributed by atoms with Crippen molar-refractivity contribution in [2.45, 2.75) is 31.9 Å². The number of pyridine rings is 1. The summed E-state index contributed by atoms with van der Waals surface area (Å²) >= 11 is 0. The second kappa shape index (κ2) is 9.90. The highest BCUT2D eigenvalue weighted by atomic mass is 19.4. The van der Waals surface area contributed by atoms with Gasteiger partial charge in [0.1, 0.15) is 5.69 Å².